The smallest absolute Gasteiger partial charge is 0.215 e. The second kappa shape index (κ2) is 6.54. The van der Waals surface area contributed by atoms with Crippen molar-refractivity contribution in [2.45, 2.75) is 25.0 Å². The Morgan fingerprint density at radius 3 is 2.88 bits per heavy atom. The highest BCUT2D eigenvalue weighted by molar-refractivity contribution is 7.90. The molecule has 1 unspecified atom stereocenters. The van der Waals surface area contributed by atoms with Crippen LogP contribution in [0.2, 0.25) is 0 Å². The van der Waals surface area contributed by atoms with Crippen LogP contribution in [0.3, 0.4) is 0 Å². The van der Waals surface area contributed by atoms with Crippen LogP contribution in [0.1, 0.15) is 19.8 Å². The van der Waals surface area contributed by atoms with Crippen molar-refractivity contribution in [1.29, 1.82) is 0 Å². The molecule has 1 aliphatic rings. The van der Waals surface area contributed by atoms with E-state index < -0.39 is 10.0 Å². The molecule has 0 aromatic rings. The predicted molar refractivity (Wildman–Crippen MR) is 63.9 cm³/mol. The first kappa shape index (κ1) is 13.9. The third-order valence-corrected chi connectivity index (χ3v) is 4.77. The van der Waals surface area contributed by atoms with Gasteiger partial charge >= 0.3 is 0 Å². The molecular weight excluding hydrogens is 228 g/mol. The molecular formula is C10H22N2O3S. The SMILES string of the molecule is CCOCCN1CCCC(S(=O)(=O)NC)C1. The van der Waals surface area contributed by atoms with Crippen molar-refractivity contribution >= 4 is 10.0 Å². The lowest BCUT2D eigenvalue weighted by atomic mass is 10.1. The van der Waals surface area contributed by atoms with E-state index in [2.05, 4.69) is 9.62 Å². The van der Waals surface area contributed by atoms with Gasteiger partial charge in [0.15, 0.2) is 0 Å². The number of ether oxygens (including phenoxy) is 1. The molecule has 0 aromatic carbocycles. The summed E-state index contributed by atoms with van der Waals surface area (Å²) in [5.74, 6) is 0. The zero-order valence-electron chi connectivity index (χ0n) is 10.1. The Kier molecular flexibility index (Phi) is 5.68. The minimum Gasteiger partial charge on any atom is -0.380 e. The lowest BCUT2D eigenvalue weighted by Gasteiger charge is -2.31. The molecule has 0 aliphatic carbocycles. The van der Waals surface area contributed by atoms with E-state index in [1.807, 2.05) is 6.92 Å². The van der Waals surface area contributed by atoms with Gasteiger partial charge in [-0.1, -0.05) is 0 Å². The molecule has 0 bridgehead atoms. The molecule has 96 valence electrons. The Hall–Kier alpha value is -0.170. The molecule has 5 nitrogen and oxygen atoms in total. The Bertz CT molecular complexity index is 292. The van der Waals surface area contributed by atoms with E-state index in [4.69, 9.17) is 4.74 Å². The van der Waals surface area contributed by atoms with Gasteiger partial charge in [0.05, 0.1) is 11.9 Å². The Labute approximate surface area is 98.2 Å². The standard InChI is InChI=1S/C10H22N2O3S/c1-3-15-8-7-12-6-4-5-10(9-12)16(13,14)11-2/h10-11H,3-9H2,1-2H3. The van der Waals surface area contributed by atoms with E-state index in [9.17, 15) is 8.42 Å². The minimum atomic E-state index is -3.12. The monoisotopic (exact) mass is 250 g/mol. The van der Waals surface area contributed by atoms with Gasteiger partial charge in [0.2, 0.25) is 10.0 Å². The van der Waals surface area contributed by atoms with Crippen molar-refractivity contribution in [3.63, 3.8) is 0 Å². The van der Waals surface area contributed by atoms with Crippen molar-refractivity contribution in [1.82, 2.24) is 9.62 Å². The van der Waals surface area contributed by atoms with Crippen LogP contribution in [0.25, 0.3) is 0 Å². The molecule has 1 rings (SSSR count). The van der Waals surface area contributed by atoms with Gasteiger partial charge in [-0.2, -0.15) is 0 Å². The van der Waals surface area contributed by atoms with Crippen LogP contribution in [0.5, 0.6) is 0 Å². The average Bonchev–Trinajstić information content (AvgIpc) is 2.30. The van der Waals surface area contributed by atoms with Crippen LogP contribution < -0.4 is 4.72 Å². The minimum absolute atomic E-state index is 0.270. The third kappa shape index (κ3) is 4.01. The summed E-state index contributed by atoms with van der Waals surface area (Å²) < 4.78 is 31.0. The van der Waals surface area contributed by atoms with Crippen LogP contribution in [0.4, 0.5) is 0 Å². The van der Waals surface area contributed by atoms with E-state index in [1.165, 1.54) is 7.05 Å². The summed E-state index contributed by atoms with van der Waals surface area (Å²) >= 11 is 0. The average molecular weight is 250 g/mol. The van der Waals surface area contributed by atoms with Crippen molar-refractivity contribution < 1.29 is 13.2 Å². The van der Waals surface area contributed by atoms with E-state index in [-0.39, 0.29) is 5.25 Å². The Morgan fingerprint density at radius 2 is 2.25 bits per heavy atom. The van der Waals surface area contributed by atoms with Gasteiger partial charge in [-0.25, -0.2) is 13.1 Å². The van der Waals surface area contributed by atoms with Gasteiger partial charge < -0.3 is 4.74 Å². The number of likely N-dealkylation sites (tertiary alicyclic amines) is 1. The number of nitrogens with one attached hydrogen (secondary N) is 1. The van der Waals surface area contributed by atoms with Gasteiger partial charge in [-0.3, -0.25) is 4.90 Å². The maximum atomic E-state index is 11.7. The van der Waals surface area contributed by atoms with Gasteiger partial charge in [0.25, 0.3) is 0 Å². The first-order chi connectivity index (χ1) is 7.60. The fraction of sp³-hybridized carbons (Fsp3) is 1.00. The quantitative estimate of drug-likeness (QED) is 0.676. The van der Waals surface area contributed by atoms with Crippen molar-refractivity contribution in [3.05, 3.63) is 0 Å². The first-order valence-corrected chi connectivity index (χ1v) is 7.37. The Morgan fingerprint density at radius 1 is 1.50 bits per heavy atom. The van der Waals surface area contributed by atoms with E-state index in [1.54, 1.807) is 0 Å². The molecule has 6 heteroatoms. The number of nitrogens with zero attached hydrogens (tertiary/aromatic N) is 1. The van der Waals surface area contributed by atoms with Crippen molar-refractivity contribution in [3.8, 4) is 0 Å². The van der Waals surface area contributed by atoms with Crippen LogP contribution in [0, 0.1) is 0 Å². The number of hydrogen-bond acceptors (Lipinski definition) is 4. The number of sulfonamides is 1. The molecule has 0 saturated carbocycles. The number of rotatable bonds is 6. The molecule has 1 saturated heterocycles. The molecule has 1 aliphatic heterocycles. The zero-order chi connectivity index (χ0) is 12.0. The molecule has 1 atom stereocenters. The summed E-state index contributed by atoms with van der Waals surface area (Å²) in [7, 11) is -1.64. The second-order valence-corrected chi connectivity index (χ2v) is 6.18. The van der Waals surface area contributed by atoms with Crippen LogP contribution >= 0.6 is 0 Å². The van der Waals surface area contributed by atoms with Crippen LogP contribution in [0.15, 0.2) is 0 Å². The highest BCUT2D eigenvalue weighted by atomic mass is 32.2. The lowest BCUT2D eigenvalue weighted by molar-refractivity contribution is 0.106. The Balaban J connectivity index is 2.41. The molecule has 1 fully saturated rings. The molecule has 0 radical (unpaired) electrons. The largest absolute Gasteiger partial charge is 0.380 e. The number of hydrogen-bond donors (Lipinski definition) is 1. The molecule has 0 aromatic heterocycles. The molecule has 1 N–H and O–H groups in total. The van der Waals surface area contributed by atoms with Crippen molar-refractivity contribution in [2.75, 3.05) is 39.9 Å². The van der Waals surface area contributed by atoms with E-state index in [0.29, 0.717) is 19.8 Å². The van der Waals surface area contributed by atoms with E-state index in [0.717, 1.165) is 25.9 Å². The van der Waals surface area contributed by atoms with Gasteiger partial charge in [-0.15, -0.1) is 0 Å². The summed E-state index contributed by atoms with van der Waals surface area (Å²) in [6.45, 7) is 5.78. The zero-order valence-corrected chi connectivity index (χ0v) is 10.9. The first-order valence-electron chi connectivity index (χ1n) is 5.82. The maximum Gasteiger partial charge on any atom is 0.215 e. The van der Waals surface area contributed by atoms with Gasteiger partial charge in [-0.05, 0) is 33.4 Å². The lowest BCUT2D eigenvalue weighted by Crippen LogP contribution is -2.46. The van der Waals surface area contributed by atoms with Crippen LogP contribution in [-0.4, -0.2) is 58.5 Å². The predicted octanol–water partition coefficient (Wildman–Crippen LogP) is 0.0365. The van der Waals surface area contributed by atoms with Crippen LogP contribution in [-0.2, 0) is 14.8 Å². The fourth-order valence-corrected chi connectivity index (χ4v) is 3.19. The van der Waals surface area contributed by atoms with Gasteiger partial charge in [0.1, 0.15) is 0 Å². The number of piperidine rings is 1. The fourth-order valence-electron chi connectivity index (χ4n) is 1.97. The topological polar surface area (TPSA) is 58.6 Å². The maximum absolute atomic E-state index is 11.7. The summed E-state index contributed by atoms with van der Waals surface area (Å²) in [6.07, 6.45) is 1.70. The third-order valence-electron chi connectivity index (χ3n) is 2.94. The molecule has 0 spiro atoms. The summed E-state index contributed by atoms with van der Waals surface area (Å²) in [5.41, 5.74) is 0. The van der Waals surface area contributed by atoms with E-state index >= 15 is 0 Å². The summed E-state index contributed by atoms with van der Waals surface area (Å²) in [4.78, 5) is 2.17. The molecule has 0 amide bonds. The second-order valence-electron chi connectivity index (χ2n) is 4.01. The summed E-state index contributed by atoms with van der Waals surface area (Å²) in [5, 5.41) is -0.270. The molecule has 1 heterocycles. The van der Waals surface area contributed by atoms with Crippen molar-refractivity contribution in [2.24, 2.45) is 0 Å². The summed E-state index contributed by atoms with van der Waals surface area (Å²) in [6, 6.07) is 0. The highest BCUT2D eigenvalue weighted by Crippen LogP contribution is 2.15. The highest BCUT2D eigenvalue weighted by Gasteiger charge is 2.29. The van der Waals surface area contributed by atoms with Gasteiger partial charge in [0, 0.05) is 19.7 Å². The molecule has 16 heavy (non-hydrogen) atoms. The normalized spacial score (nSPS) is 23.5.